The van der Waals surface area contributed by atoms with Crippen molar-refractivity contribution in [2.45, 2.75) is 71.4 Å². The van der Waals surface area contributed by atoms with Gasteiger partial charge in [-0.2, -0.15) is 0 Å². The fourth-order valence-corrected chi connectivity index (χ4v) is 4.49. The van der Waals surface area contributed by atoms with E-state index >= 15 is 0 Å². The molecule has 0 aliphatic carbocycles. The van der Waals surface area contributed by atoms with Gasteiger partial charge < -0.3 is 15.1 Å². The van der Waals surface area contributed by atoms with Gasteiger partial charge >= 0.3 is 17.9 Å². The van der Waals surface area contributed by atoms with Crippen LogP contribution < -0.4 is 0 Å². The van der Waals surface area contributed by atoms with E-state index in [9.17, 15) is 24.6 Å². The summed E-state index contributed by atoms with van der Waals surface area (Å²) >= 11 is 0. The molecular formula is C20H27NO6. The van der Waals surface area contributed by atoms with Gasteiger partial charge in [-0.25, -0.2) is 9.59 Å². The number of nitrogens with zero attached hydrogens (tertiary/aromatic N) is 1. The van der Waals surface area contributed by atoms with E-state index in [0.29, 0.717) is 25.7 Å². The lowest BCUT2D eigenvalue weighted by Gasteiger charge is -2.44. The van der Waals surface area contributed by atoms with Crippen molar-refractivity contribution in [1.29, 1.82) is 0 Å². The number of fused-ring (bicyclic) bond motifs is 1. The first-order valence-corrected chi connectivity index (χ1v) is 9.29. The van der Waals surface area contributed by atoms with E-state index in [1.165, 1.54) is 19.1 Å². The van der Waals surface area contributed by atoms with Gasteiger partial charge in [0.2, 0.25) is 0 Å². The van der Waals surface area contributed by atoms with E-state index in [-0.39, 0.29) is 11.1 Å². The average Bonchev–Trinajstić information content (AvgIpc) is 2.85. The predicted octanol–water partition coefficient (Wildman–Crippen LogP) is 3.91. The highest BCUT2D eigenvalue weighted by Gasteiger charge is 2.58. The van der Waals surface area contributed by atoms with E-state index in [4.69, 9.17) is 4.84 Å². The number of carboxylic acid groups (broad SMARTS) is 2. The first-order valence-electron chi connectivity index (χ1n) is 9.29. The summed E-state index contributed by atoms with van der Waals surface area (Å²) in [6, 6.07) is 2.91. The van der Waals surface area contributed by atoms with Crippen LogP contribution in [0.3, 0.4) is 0 Å². The molecule has 0 unspecified atom stereocenters. The zero-order valence-corrected chi connectivity index (χ0v) is 16.5. The summed E-state index contributed by atoms with van der Waals surface area (Å²) in [5.74, 6) is -3.04. The Morgan fingerprint density at radius 2 is 1.19 bits per heavy atom. The lowest BCUT2D eigenvalue weighted by molar-refractivity contribution is -0.264. The number of carbonyl (C=O) groups excluding carboxylic acids is 1. The Hall–Kier alpha value is -2.41. The van der Waals surface area contributed by atoms with E-state index in [0.717, 1.165) is 11.1 Å². The van der Waals surface area contributed by atoms with Gasteiger partial charge in [-0.1, -0.05) is 27.7 Å². The summed E-state index contributed by atoms with van der Waals surface area (Å²) in [5, 5.41) is 20.8. The molecule has 27 heavy (non-hydrogen) atoms. The molecule has 1 aliphatic rings. The second-order valence-corrected chi connectivity index (χ2v) is 6.91. The maximum Gasteiger partial charge on any atom is 0.336 e. The van der Waals surface area contributed by atoms with Gasteiger partial charge in [0.15, 0.2) is 0 Å². The topological polar surface area (TPSA) is 104 Å². The lowest BCUT2D eigenvalue weighted by atomic mass is 9.80. The lowest BCUT2D eigenvalue weighted by Crippen LogP contribution is -2.51. The van der Waals surface area contributed by atoms with Crippen LogP contribution in [0.4, 0.5) is 0 Å². The second kappa shape index (κ2) is 7.31. The van der Waals surface area contributed by atoms with E-state index < -0.39 is 29.0 Å². The van der Waals surface area contributed by atoms with Crippen LogP contribution in [0, 0.1) is 0 Å². The summed E-state index contributed by atoms with van der Waals surface area (Å²) in [7, 11) is 0. The number of carbonyl (C=O) groups is 3. The molecule has 7 nitrogen and oxygen atoms in total. The summed E-state index contributed by atoms with van der Waals surface area (Å²) in [6.45, 7) is 9.15. The van der Waals surface area contributed by atoms with Gasteiger partial charge in [-0.3, -0.25) is 4.79 Å². The van der Waals surface area contributed by atoms with Gasteiger partial charge in [0, 0.05) is 6.92 Å². The largest absolute Gasteiger partial charge is 0.478 e. The molecule has 0 bridgehead atoms. The van der Waals surface area contributed by atoms with Crippen LogP contribution in [0.25, 0.3) is 0 Å². The van der Waals surface area contributed by atoms with Crippen LogP contribution >= 0.6 is 0 Å². The third-order valence-electron chi connectivity index (χ3n) is 5.96. The normalized spacial score (nSPS) is 17.4. The third kappa shape index (κ3) is 2.90. The highest BCUT2D eigenvalue weighted by atomic mass is 16.7. The Balaban J connectivity index is 2.96. The van der Waals surface area contributed by atoms with Crippen LogP contribution in [0.15, 0.2) is 12.1 Å². The van der Waals surface area contributed by atoms with Crippen LogP contribution in [-0.4, -0.2) is 33.2 Å². The number of benzene rings is 1. The first-order chi connectivity index (χ1) is 12.6. The third-order valence-corrected chi connectivity index (χ3v) is 5.96. The summed E-state index contributed by atoms with van der Waals surface area (Å²) in [4.78, 5) is 41.0. The molecule has 1 aliphatic heterocycles. The second-order valence-electron chi connectivity index (χ2n) is 6.91. The summed E-state index contributed by atoms with van der Waals surface area (Å²) < 4.78 is 0. The minimum atomic E-state index is -1.29. The van der Waals surface area contributed by atoms with Crippen molar-refractivity contribution in [2.75, 3.05) is 0 Å². The zero-order valence-electron chi connectivity index (χ0n) is 16.5. The Morgan fingerprint density at radius 1 is 0.852 bits per heavy atom. The van der Waals surface area contributed by atoms with Crippen molar-refractivity contribution in [2.24, 2.45) is 0 Å². The molecule has 0 fully saturated rings. The minimum absolute atomic E-state index is 0.252. The van der Waals surface area contributed by atoms with Crippen LogP contribution in [0.2, 0.25) is 0 Å². The van der Waals surface area contributed by atoms with Crippen molar-refractivity contribution in [3.05, 3.63) is 34.4 Å². The number of hydroxylamine groups is 2. The van der Waals surface area contributed by atoms with Gasteiger partial charge in [0.1, 0.15) is 0 Å². The molecule has 2 N–H and O–H groups in total. The fourth-order valence-electron chi connectivity index (χ4n) is 4.49. The van der Waals surface area contributed by atoms with E-state index in [1.807, 2.05) is 27.7 Å². The molecule has 0 aromatic heterocycles. The standard InChI is InChI=1S/C20H27NO6/c1-6-19(7-2)15-10-13(17(23)24)14(18(25)26)11-16(15)20(8-3,9-4)21(19)27-12(5)22/h10-11H,6-9H2,1-5H3,(H,23,24)(H,25,26). The average molecular weight is 377 g/mol. The molecule has 0 radical (unpaired) electrons. The molecule has 0 atom stereocenters. The molecule has 0 spiro atoms. The fraction of sp³-hybridized carbons (Fsp3) is 0.550. The van der Waals surface area contributed by atoms with E-state index in [2.05, 4.69) is 0 Å². The highest BCUT2D eigenvalue weighted by molar-refractivity contribution is 6.02. The van der Waals surface area contributed by atoms with E-state index in [1.54, 1.807) is 5.06 Å². The summed E-state index contributed by atoms with van der Waals surface area (Å²) in [5.41, 5.74) is -0.487. The van der Waals surface area contributed by atoms with Crippen molar-refractivity contribution >= 4 is 17.9 Å². The van der Waals surface area contributed by atoms with Crippen LogP contribution in [0.5, 0.6) is 0 Å². The van der Waals surface area contributed by atoms with Gasteiger partial charge in [0.25, 0.3) is 0 Å². The molecule has 0 saturated heterocycles. The Labute approximate surface area is 158 Å². The first kappa shape index (κ1) is 20.9. The monoisotopic (exact) mass is 377 g/mol. The van der Waals surface area contributed by atoms with Crippen molar-refractivity contribution in [3.63, 3.8) is 0 Å². The number of hydrogen-bond acceptors (Lipinski definition) is 5. The molecule has 2 rings (SSSR count). The molecule has 0 saturated carbocycles. The van der Waals surface area contributed by atoms with Gasteiger partial charge in [0.05, 0.1) is 22.2 Å². The van der Waals surface area contributed by atoms with Gasteiger partial charge in [-0.05, 0) is 48.9 Å². The highest BCUT2D eigenvalue weighted by Crippen LogP contribution is 2.56. The molecule has 1 aromatic rings. The van der Waals surface area contributed by atoms with Gasteiger partial charge in [-0.15, -0.1) is 5.06 Å². The summed E-state index contributed by atoms with van der Waals surface area (Å²) in [6.07, 6.45) is 2.32. The predicted molar refractivity (Wildman–Crippen MR) is 98.5 cm³/mol. The maximum absolute atomic E-state index is 11.9. The molecule has 0 amide bonds. The quantitative estimate of drug-likeness (QED) is 0.742. The minimum Gasteiger partial charge on any atom is -0.478 e. The number of rotatable bonds is 7. The number of aromatic carboxylic acids is 2. The number of hydrogen-bond donors (Lipinski definition) is 2. The molecule has 1 heterocycles. The van der Waals surface area contributed by atoms with Crippen LogP contribution in [-0.2, 0) is 20.7 Å². The molecule has 7 heteroatoms. The van der Waals surface area contributed by atoms with Crippen LogP contribution in [0.1, 0.15) is 92.1 Å². The molecule has 148 valence electrons. The van der Waals surface area contributed by atoms with Crippen molar-refractivity contribution in [1.82, 2.24) is 5.06 Å². The van der Waals surface area contributed by atoms with Crippen molar-refractivity contribution < 1.29 is 29.4 Å². The SMILES string of the molecule is CCC1(CC)c2cc(C(=O)O)c(C(=O)O)cc2C(CC)(CC)N1OC(C)=O. The number of carboxylic acids is 2. The Morgan fingerprint density at radius 3 is 1.41 bits per heavy atom. The molecule has 1 aromatic carbocycles. The Bertz CT molecular complexity index is 720. The maximum atomic E-state index is 11.9. The Kier molecular flexibility index (Phi) is 5.65. The van der Waals surface area contributed by atoms with Crippen molar-refractivity contribution in [3.8, 4) is 0 Å². The molecular weight excluding hydrogens is 350 g/mol. The zero-order chi connectivity index (χ0) is 20.6. The smallest absolute Gasteiger partial charge is 0.336 e.